The van der Waals surface area contributed by atoms with Gasteiger partial charge in [0.1, 0.15) is 16.8 Å². The molecule has 0 amide bonds. The molecule has 0 bridgehead atoms. The first-order chi connectivity index (χ1) is 6.74. The largest absolute Gasteiger partial charge is 0.392 e. The number of hydrogen-bond acceptors (Lipinski definition) is 3. The van der Waals surface area contributed by atoms with Crippen LogP contribution in [0.5, 0.6) is 0 Å². The molecule has 0 saturated heterocycles. The molecule has 0 saturated carbocycles. The third-order valence-corrected chi connectivity index (χ3v) is 2.97. The van der Waals surface area contributed by atoms with Gasteiger partial charge in [0.2, 0.25) is 0 Å². The average Bonchev–Trinajstić information content (AvgIpc) is 2.58. The number of benzene rings is 1. The van der Waals surface area contributed by atoms with Gasteiger partial charge in [0.05, 0.1) is 6.61 Å². The van der Waals surface area contributed by atoms with E-state index in [4.69, 9.17) is 10.4 Å². The highest BCUT2D eigenvalue weighted by atomic mass is 32.1. The first-order valence-electron chi connectivity index (χ1n) is 3.97. The summed E-state index contributed by atoms with van der Waals surface area (Å²) in [5, 5.41) is 18.3. The zero-order chi connectivity index (χ0) is 10.1. The smallest absolute Gasteiger partial charge is 0.130 e. The van der Waals surface area contributed by atoms with Crippen LogP contribution in [0.1, 0.15) is 10.4 Å². The maximum absolute atomic E-state index is 13.2. The van der Waals surface area contributed by atoms with E-state index in [2.05, 4.69) is 0 Å². The summed E-state index contributed by atoms with van der Waals surface area (Å²) in [6, 6.07) is 6.62. The van der Waals surface area contributed by atoms with Crippen molar-refractivity contribution in [3.8, 4) is 6.07 Å². The third kappa shape index (κ3) is 1.37. The van der Waals surface area contributed by atoms with Gasteiger partial charge >= 0.3 is 0 Å². The van der Waals surface area contributed by atoms with Gasteiger partial charge in [0.15, 0.2) is 0 Å². The van der Waals surface area contributed by atoms with Crippen molar-refractivity contribution in [2.45, 2.75) is 6.61 Å². The molecule has 0 radical (unpaired) electrons. The summed E-state index contributed by atoms with van der Waals surface area (Å²) in [5.74, 6) is -0.425. The zero-order valence-electron chi connectivity index (χ0n) is 7.12. The van der Waals surface area contributed by atoms with E-state index in [-0.39, 0.29) is 12.2 Å². The lowest BCUT2D eigenvalue weighted by atomic mass is 10.1. The first kappa shape index (κ1) is 9.13. The van der Waals surface area contributed by atoms with Crippen LogP contribution in [0, 0.1) is 17.1 Å². The number of rotatable bonds is 1. The highest BCUT2D eigenvalue weighted by Crippen LogP contribution is 2.27. The number of thiophene rings is 1. The van der Waals surface area contributed by atoms with E-state index in [1.54, 1.807) is 12.1 Å². The number of fused-ring (bicyclic) bond motifs is 1. The van der Waals surface area contributed by atoms with Gasteiger partial charge in [-0.3, -0.25) is 0 Å². The summed E-state index contributed by atoms with van der Waals surface area (Å²) in [6.45, 7) is -0.320. The van der Waals surface area contributed by atoms with Crippen molar-refractivity contribution in [3.05, 3.63) is 34.5 Å². The highest BCUT2D eigenvalue weighted by molar-refractivity contribution is 7.19. The molecule has 14 heavy (non-hydrogen) atoms. The number of halogens is 1. The van der Waals surface area contributed by atoms with Crippen LogP contribution in [0.3, 0.4) is 0 Å². The lowest BCUT2D eigenvalue weighted by Gasteiger charge is -1.97. The third-order valence-electron chi connectivity index (χ3n) is 1.97. The summed E-state index contributed by atoms with van der Waals surface area (Å²) in [6.07, 6.45) is 0. The molecule has 70 valence electrons. The number of hydrogen-bond donors (Lipinski definition) is 1. The van der Waals surface area contributed by atoms with Crippen LogP contribution < -0.4 is 0 Å². The zero-order valence-corrected chi connectivity index (χ0v) is 7.94. The SMILES string of the molecule is N#Cc1cc2cc(CO)c(F)cc2s1. The molecule has 1 aromatic carbocycles. The first-order valence-corrected chi connectivity index (χ1v) is 4.79. The van der Waals surface area contributed by atoms with Crippen LogP contribution in [0.2, 0.25) is 0 Å². The van der Waals surface area contributed by atoms with Crippen LogP contribution in [0.4, 0.5) is 4.39 Å². The van der Waals surface area contributed by atoms with E-state index in [1.807, 2.05) is 6.07 Å². The predicted molar refractivity (Wildman–Crippen MR) is 52.4 cm³/mol. The number of nitrogens with zero attached hydrogens (tertiary/aromatic N) is 1. The van der Waals surface area contributed by atoms with Gasteiger partial charge in [-0.05, 0) is 23.6 Å². The van der Waals surface area contributed by atoms with Crippen LogP contribution in [0.25, 0.3) is 10.1 Å². The minimum Gasteiger partial charge on any atom is -0.392 e. The molecule has 0 fully saturated rings. The minimum absolute atomic E-state index is 0.264. The molecular weight excluding hydrogens is 201 g/mol. The maximum Gasteiger partial charge on any atom is 0.130 e. The standard InChI is InChI=1S/C10H6FNOS/c11-9-3-10-6(1-7(9)5-13)2-8(4-12)14-10/h1-3,13H,5H2. The Hall–Kier alpha value is -1.44. The van der Waals surface area contributed by atoms with Gasteiger partial charge < -0.3 is 5.11 Å². The van der Waals surface area contributed by atoms with Crippen LogP contribution in [0.15, 0.2) is 18.2 Å². The molecule has 4 heteroatoms. The predicted octanol–water partition coefficient (Wildman–Crippen LogP) is 2.40. The summed E-state index contributed by atoms with van der Waals surface area (Å²) < 4.78 is 13.9. The van der Waals surface area contributed by atoms with E-state index in [9.17, 15) is 4.39 Å². The molecule has 0 spiro atoms. The summed E-state index contributed by atoms with van der Waals surface area (Å²) >= 11 is 1.25. The lowest BCUT2D eigenvalue weighted by Crippen LogP contribution is -1.87. The Labute approximate surface area is 83.8 Å². The molecule has 0 atom stereocenters. The van der Waals surface area contributed by atoms with Crippen molar-refractivity contribution in [1.82, 2.24) is 0 Å². The highest BCUT2D eigenvalue weighted by Gasteiger charge is 2.06. The van der Waals surface area contributed by atoms with E-state index in [1.165, 1.54) is 17.4 Å². The second-order valence-electron chi connectivity index (χ2n) is 2.86. The van der Waals surface area contributed by atoms with Crippen molar-refractivity contribution < 1.29 is 9.50 Å². The number of aliphatic hydroxyl groups excluding tert-OH is 1. The molecule has 1 N–H and O–H groups in total. The van der Waals surface area contributed by atoms with Crippen molar-refractivity contribution >= 4 is 21.4 Å². The van der Waals surface area contributed by atoms with E-state index in [0.29, 0.717) is 4.88 Å². The van der Waals surface area contributed by atoms with E-state index < -0.39 is 5.82 Å². The quantitative estimate of drug-likeness (QED) is 0.780. The maximum atomic E-state index is 13.2. The van der Waals surface area contributed by atoms with Crippen LogP contribution in [-0.4, -0.2) is 5.11 Å². The molecule has 2 aromatic rings. The van der Waals surface area contributed by atoms with Crippen molar-refractivity contribution in [3.63, 3.8) is 0 Å². The molecule has 1 heterocycles. The second kappa shape index (κ2) is 3.37. The van der Waals surface area contributed by atoms with Gasteiger partial charge in [0, 0.05) is 10.3 Å². The minimum atomic E-state index is -0.425. The fraction of sp³-hybridized carbons (Fsp3) is 0.100. The van der Waals surface area contributed by atoms with E-state index >= 15 is 0 Å². The average molecular weight is 207 g/mol. The molecule has 2 rings (SSSR count). The molecule has 0 aliphatic heterocycles. The molecule has 0 aliphatic carbocycles. The molecular formula is C10H6FNOS. The summed E-state index contributed by atoms with van der Waals surface area (Å²) in [7, 11) is 0. The van der Waals surface area contributed by atoms with Gasteiger partial charge in [0.25, 0.3) is 0 Å². The summed E-state index contributed by atoms with van der Waals surface area (Å²) in [5.41, 5.74) is 0.264. The van der Waals surface area contributed by atoms with Crippen LogP contribution >= 0.6 is 11.3 Å². The fourth-order valence-corrected chi connectivity index (χ4v) is 2.15. The van der Waals surface area contributed by atoms with Crippen molar-refractivity contribution in [2.24, 2.45) is 0 Å². The Balaban J connectivity index is 2.71. The van der Waals surface area contributed by atoms with Crippen molar-refractivity contribution in [2.75, 3.05) is 0 Å². The van der Waals surface area contributed by atoms with Gasteiger partial charge in [-0.15, -0.1) is 11.3 Å². The molecule has 0 aliphatic rings. The lowest BCUT2D eigenvalue weighted by molar-refractivity contribution is 0.276. The number of nitriles is 1. The molecule has 2 nitrogen and oxygen atoms in total. The van der Waals surface area contributed by atoms with Crippen molar-refractivity contribution in [1.29, 1.82) is 5.26 Å². The Bertz CT molecular complexity index is 527. The Morgan fingerprint density at radius 3 is 2.86 bits per heavy atom. The molecule has 1 aromatic heterocycles. The van der Waals surface area contributed by atoms with Crippen LogP contribution in [-0.2, 0) is 6.61 Å². The van der Waals surface area contributed by atoms with Gasteiger partial charge in [-0.25, -0.2) is 4.39 Å². The van der Waals surface area contributed by atoms with E-state index in [0.717, 1.165) is 10.1 Å². The summed E-state index contributed by atoms with van der Waals surface area (Å²) in [4.78, 5) is 0.550. The Kier molecular flexibility index (Phi) is 2.20. The molecule has 0 unspecified atom stereocenters. The van der Waals surface area contributed by atoms with Gasteiger partial charge in [-0.1, -0.05) is 0 Å². The second-order valence-corrected chi connectivity index (χ2v) is 3.95. The monoisotopic (exact) mass is 207 g/mol. The van der Waals surface area contributed by atoms with Gasteiger partial charge in [-0.2, -0.15) is 5.26 Å². The Morgan fingerprint density at radius 2 is 2.21 bits per heavy atom. The fourth-order valence-electron chi connectivity index (χ4n) is 1.29. The normalized spacial score (nSPS) is 10.4. The number of aliphatic hydroxyl groups is 1. The Morgan fingerprint density at radius 1 is 1.43 bits per heavy atom. The topological polar surface area (TPSA) is 44.0 Å².